The van der Waals surface area contributed by atoms with E-state index in [1.54, 1.807) is 0 Å². The van der Waals surface area contributed by atoms with Crippen LogP contribution in [-0.2, 0) is 0 Å². The SMILES string of the molecule is CCCCC(CC)CN1CCC(n2c([C@@H]3CCNC3)nc3ccccc32)CC1. The van der Waals surface area contributed by atoms with E-state index < -0.39 is 0 Å². The van der Waals surface area contributed by atoms with Crippen molar-refractivity contribution in [2.45, 2.75) is 70.8 Å². The summed E-state index contributed by atoms with van der Waals surface area (Å²) in [5.74, 6) is 2.79. The van der Waals surface area contributed by atoms with Crippen LogP contribution in [0.1, 0.15) is 76.6 Å². The van der Waals surface area contributed by atoms with Gasteiger partial charge in [0, 0.05) is 38.1 Å². The normalized spacial score (nSPS) is 22.9. The number of hydrogen-bond donors (Lipinski definition) is 1. The molecule has 2 aromatic rings. The molecular weight excluding hydrogens is 344 g/mol. The van der Waals surface area contributed by atoms with E-state index in [9.17, 15) is 0 Å². The summed E-state index contributed by atoms with van der Waals surface area (Å²) in [4.78, 5) is 7.83. The van der Waals surface area contributed by atoms with E-state index in [2.05, 4.69) is 52.9 Å². The maximum atomic E-state index is 5.09. The van der Waals surface area contributed by atoms with E-state index in [1.165, 1.54) is 81.4 Å². The van der Waals surface area contributed by atoms with Crippen molar-refractivity contribution in [3.63, 3.8) is 0 Å². The van der Waals surface area contributed by atoms with Crippen LogP contribution < -0.4 is 5.32 Å². The van der Waals surface area contributed by atoms with E-state index in [0.717, 1.165) is 19.0 Å². The third kappa shape index (κ3) is 4.28. The van der Waals surface area contributed by atoms with E-state index in [-0.39, 0.29) is 0 Å². The highest BCUT2D eigenvalue weighted by Gasteiger charge is 2.29. The Morgan fingerprint density at radius 2 is 1.96 bits per heavy atom. The summed E-state index contributed by atoms with van der Waals surface area (Å²) in [6.45, 7) is 10.7. The molecule has 2 aliphatic heterocycles. The van der Waals surface area contributed by atoms with Gasteiger partial charge in [-0.25, -0.2) is 4.98 Å². The number of rotatable bonds is 8. The highest BCUT2D eigenvalue weighted by atomic mass is 15.2. The summed E-state index contributed by atoms with van der Waals surface area (Å²) in [5.41, 5.74) is 2.52. The molecule has 0 saturated carbocycles. The van der Waals surface area contributed by atoms with Crippen molar-refractivity contribution in [1.29, 1.82) is 0 Å². The molecule has 2 fully saturated rings. The average Bonchev–Trinajstić information content (AvgIpc) is 3.39. The van der Waals surface area contributed by atoms with Crippen molar-refractivity contribution in [2.24, 2.45) is 5.92 Å². The van der Waals surface area contributed by atoms with Gasteiger partial charge in [-0.2, -0.15) is 0 Å². The molecule has 154 valence electrons. The number of benzene rings is 1. The largest absolute Gasteiger partial charge is 0.324 e. The predicted molar refractivity (Wildman–Crippen MR) is 118 cm³/mol. The molecule has 0 amide bonds. The Labute approximate surface area is 170 Å². The van der Waals surface area contributed by atoms with Crippen LogP contribution in [0.15, 0.2) is 24.3 Å². The van der Waals surface area contributed by atoms with E-state index in [1.807, 2.05) is 0 Å². The van der Waals surface area contributed by atoms with Gasteiger partial charge in [-0.05, 0) is 50.3 Å². The van der Waals surface area contributed by atoms with Crippen LogP contribution in [0.5, 0.6) is 0 Å². The predicted octanol–water partition coefficient (Wildman–Crippen LogP) is 4.97. The monoisotopic (exact) mass is 382 g/mol. The number of likely N-dealkylation sites (tertiary alicyclic amines) is 1. The molecule has 1 aromatic heterocycles. The van der Waals surface area contributed by atoms with Crippen LogP contribution >= 0.6 is 0 Å². The zero-order chi connectivity index (χ0) is 19.3. The van der Waals surface area contributed by atoms with Crippen LogP contribution in [0.3, 0.4) is 0 Å². The van der Waals surface area contributed by atoms with Crippen molar-refractivity contribution >= 4 is 11.0 Å². The maximum absolute atomic E-state index is 5.09. The maximum Gasteiger partial charge on any atom is 0.114 e. The summed E-state index contributed by atoms with van der Waals surface area (Å²) >= 11 is 0. The standard InChI is InChI=1S/C24H38N4/c1-3-5-8-19(4-2)18-27-15-12-21(13-16-27)28-23-10-7-6-9-22(23)26-24(28)20-11-14-25-17-20/h6-7,9-10,19-21,25H,3-5,8,11-18H2,1-2H3/t19?,20-/m1/s1. The average molecular weight is 383 g/mol. The first-order valence-corrected chi connectivity index (χ1v) is 11.7. The summed E-state index contributed by atoms with van der Waals surface area (Å²) < 4.78 is 2.62. The van der Waals surface area contributed by atoms with Gasteiger partial charge in [0.2, 0.25) is 0 Å². The zero-order valence-electron chi connectivity index (χ0n) is 17.9. The molecule has 0 bridgehead atoms. The molecule has 1 unspecified atom stereocenters. The molecule has 0 radical (unpaired) electrons. The molecule has 28 heavy (non-hydrogen) atoms. The lowest BCUT2D eigenvalue weighted by Gasteiger charge is -2.36. The Balaban J connectivity index is 1.47. The van der Waals surface area contributed by atoms with Crippen LogP contribution in [0.4, 0.5) is 0 Å². The molecule has 2 aliphatic rings. The second-order valence-corrected chi connectivity index (χ2v) is 8.97. The van der Waals surface area contributed by atoms with Gasteiger partial charge in [0.25, 0.3) is 0 Å². The van der Waals surface area contributed by atoms with Crippen LogP contribution in [0, 0.1) is 5.92 Å². The van der Waals surface area contributed by atoms with Crippen molar-refractivity contribution in [3.8, 4) is 0 Å². The topological polar surface area (TPSA) is 33.1 Å². The van der Waals surface area contributed by atoms with Gasteiger partial charge in [-0.1, -0.05) is 45.2 Å². The van der Waals surface area contributed by atoms with Crippen molar-refractivity contribution in [1.82, 2.24) is 19.8 Å². The number of piperidine rings is 1. The molecule has 2 saturated heterocycles. The minimum absolute atomic E-state index is 0.573. The molecule has 0 spiro atoms. The number of unbranched alkanes of at least 4 members (excludes halogenated alkanes) is 1. The number of nitrogens with zero attached hydrogens (tertiary/aromatic N) is 3. The highest BCUT2D eigenvalue weighted by molar-refractivity contribution is 5.76. The summed E-state index contributed by atoms with van der Waals surface area (Å²) in [7, 11) is 0. The summed E-state index contributed by atoms with van der Waals surface area (Å²) in [6, 6.07) is 9.37. The van der Waals surface area contributed by atoms with Gasteiger partial charge in [0.05, 0.1) is 11.0 Å². The lowest BCUT2D eigenvalue weighted by atomic mass is 9.96. The van der Waals surface area contributed by atoms with Gasteiger partial charge in [0.15, 0.2) is 0 Å². The van der Waals surface area contributed by atoms with Gasteiger partial charge in [0.1, 0.15) is 5.82 Å². The first kappa shape index (κ1) is 19.9. The molecule has 4 nitrogen and oxygen atoms in total. The fourth-order valence-electron chi connectivity index (χ4n) is 5.25. The Bertz CT molecular complexity index is 738. The smallest absolute Gasteiger partial charge is 0.114 e. The zero-order valence-corrected chi connectivity index (χ0v) is 17.9. The van der Waals surface area contributed by atoms with Crippen molar-refractivity contribution < 1.29 is 0 Å². The molecule has 3 heterocycles. The Kier molecular flexibility index (Phi) is 6.69. The van der Waals surface area contributed by atoms with Gasteiger partial charge >= 0.3 is 0 Å². The second-order valence-electron chi connectivity index (χ2n) is 8.97. The van der Waals surface area contributed by atoms with Crippen molar-refractivity contribution in [3.05, 3.63) is 30.1 Å². The summed E-state index contributed by atoms with van der Waals surface area (Å²) in [5, 5.41) is 3.54. The number of imidazole rings is 1. The number of para-hydroxylation sites is 2. The van der Waals surface area contributed by atoms with Crippen LogP contribution in [0.25, 0.3) is 11.0 Å². The highest BCUT2D eigenvalue weighted by Crippen LogP contribution is 2.34. The third-order valence-electron chi connectivity index (χ3n) is 7.03. The second kappa shape index (κ2) is 9.41. The number of nitrogens with one attached hydrogen (secondary N) is 1. The lowest BCUT2D eigenvalue weighted by molar-refractivity contribution is 0.156. The van der Waals surface area contributed by atoms with Gasteiger partial charge in [-0.3, -0.25) is 0 Å². The molecule has 1 aromatic carbocycles. The summed E-state index contributed by atoms with van der Waals surface area (Å²) in [6.07, 6.45) is 9.18. The molecule has 4 rings (SSSR count). The van der Waals surface area contributed by atoms with Crippen molar-refractivity contribution in [2.75, 3.05) is 32.7 Å². The third-order valence-corrected chi connectivity index (χ3v) is 7.03. The molecule has 4 heteroatoms. The number of hydrogen-bond acceptors (Lipinski definition) is 3. The fourth-order valence-corrected chi connectivity index (χ4v) is 5.25. The lowest BCUT2D eigenvalue weighted by Crippen LogP contribution is -2.38. The first-order valence-electron chi connectivity index (χ1n) is 11.7. The van der Waals surface area contributed by atoms with Crippen LogP contribution in [0.2, 0.25) is 0 Å². The number of fused-ring (bicyclic) bond motifs is 1. The Morgan fingerprint density at radius 1 is 1.14 bits per heavy atom. The Morgan fingerprint density at radius 3 is 2.68 bits per heavy atom. The molecule has 0 aliphatic carbocycles. The Hall–Kier alpha value is -1.39. The first-order chi connectivity index (χ1) is 13.8. The van der Waals surface area contributed by atoms with Crippen LogP contribution in [-0.4, -0.2) is 47.2 Å². The quantitative estimate of drug-likeness (QED) is 0.700. The molecule has 2 atom stereocenters. The van der Waals surface area contributed by atoms with Gasteiger partial charge in [-0.15, -0.1) is 0 Å². The minimum atomic E-state index is 0.573. The molecule has 1 N–H and O–H groups in total. The number of aromatic nitrogens is 2. The van der Waals surface area contributed by atoms with Gasteiger partial charge < -0.3 is 14.8 Å². The van der Waals surface area contributed by atoms with E-state index in [4.69, 9.17) is 4.98 Å². The van der Waals surface area contributed by atoms with E-state index >= 15 is 0 Å². The van der Waals surface area contributed by atoms with E-state index in [0.29, 0.717) is 12.0 Å². The minimum Gasteiger partial charge on any atom is -0.324 e. The fraction of sp³-hybridized carbons (Fsp3) is 0.708. The molecular formula is C24H38N4.